The van der Waals surface area contributed by atoms with Crippen LogP contribution >= 0.6 is 22.6 Å². The van der Waals surface area contributed by atoms with Gasteiger partial charge in [-0.15, -0.1) is 0 Å². The molecule has 0 aliphatic heterocycles. The second-order valence-electron chi connectivity index (χ2n) is 8.17. The zero-order valence-electron chi connectivity index (χ0n) is 15.8. The lowest BCUT2D eigenvalue weighted by Gasteiger charge is -2.39. The quantitative estimate of drug-likeness (QED) is 0.655. The highest BCUT2D eigenvalue weighted by atomic mass is 127. The summed E-state index contributed by atoms with van der Waals surface area (Å²) in [6.07, 6.45) is 1.41. The van der Waals surface area contributed by atoms with Gasteiger partial charge in [0.05, 0.1) is 16.8 Å². The molecular weight excluding hydrogens is 465 g/mol. The smallest absolute Gasteiger partial charge is 0.237 e. The topological polar surface area (TPSA) is 102 Å². The van der Waals surface area contributed by atoms with Gasteiger partial charge in [-0.1, -0.05) is 20.8 Å². The molecule has 140 valence electrons. The van der Waals surface area contributed by atoms with Crippen molar-refractivity contribution in [2.45, 2.75) is 44.4 Å². The van der Waals surface area contributed by atoms with Crippen LogP contribution < -0.4 is 5.32 Å². The molecule has 0 spiro atoms. The minimum Gasteiger partial charge on any atom is -0.325 e. The van der Waals surface area contributed by atoms with Gasteiger partial charge in [0.1, 0.15) is 12.1 Å². The summed E-state index contributed by atoms with van der Waals surface area (Å²) in [6.45, 7) is 6.21. The molecule has 2 unspecified atom stereocenters. The maximum atomic E-state index is 13.6. The summed E-state index contributed by atoms with van der Waals surface area (Å²) in [5.41, 5.74) is 0.205. The van der Waals surface area contributed by atoms with E-state index in [0.717, 1.165) is 15.7 Å². The average Bonchev–Trinajstić information content (AvgIpc) is 2.98. The Balaban J connectivity index is 1.89. The molecule has 2 bridgehead atoms. The maximum Gasteiger partial charge on any atom is 0.237 e. The zero-order chi connectivity index (χ0) is 20.3. The van der Waals surface area contributed by atoms with Crippen molar-refractivity contribution in [3.8, 4) is 12.1 Å². The Hall–Kier alpha value is -2.52. The molecule has 1 aromatic heterocycles. The minimum absolute atomic E-state index is 0.0189. The van der Waals surface area contributed by atoms with E-state index in [9.17, 15) is 15.3 Å². The molecule has 1 heterocycles. The first kappa shape index (κ1) is 18.8. The molecule has 0 radical (unpaired) electrons. The number of halogens is 1. The molecule has 2 aliphatic rings. The summed E-state index contributed by atoms with van der Waals surface area (Å²) in [4.78, 5) is 22.6. The van der Waals surface area contributed by atoms with Gasteiger partial charge in [0.25, 0.3) is 0 Å². The number of carbonyl (C=O) groups excluding carboxylic acids is 1. The molecular formula is C21H18IN5O. The van der Waals surface area contributed by atoms with E-state index in [4.69, 9.17) is 0 Å². The van der Waals surface area contributed by atoms with Crippen molar-refractivity contribution < 1.29 is 4.79 Å². The third-order valence-corrected chi connectivity index (χ3v) is 7.69. The van der Waals surface area contributed by atoms with Gasteiger partial charge in [0.2, 0.25) is 5.91 Å². The van der Waals surface area contributed by atoms with Crippen molar-refractivity contribution in [3.63, 3.8) is 0 Å². The highest BCUT2D eigenvalue weighted by Gasteiger charge is 2.73. The molecule has 1 aromatic carbocycles. The molecule has 4 rings (SSSR count). The van der Waals surface area contributed by atoms with Crippen LogP contribution in [0.25, 0.3) is 0 Å². The second-order valence-corrected chi connectivity index (χ2v) is 9.41. The number of benzene rings is 1. The van der Waals surface area contributed by atoms with Gasteiger partial charge in [0.15, 0.2) is 11.4 Å². The fraction of sp³-hybridized carbons (Fsp3) is 0.381. The number of anilines is 1. The van der Waals surface area contributed by atoms with Crippen LogP contribution in [0.3, 0.4) is 0 Å². The second kappa shape index (κ2) is 5.99. The number of amides is 1. The number of nitrogens with one attached hydrogen (secondary N) is 1. The lowest BCUT2D eigenvalue weighted by Crippen LogP contribution is -2.48. The van der Waals surface area contributed by atoms with Crippen LogP contribution in [0.2, 0.25) is 0 Å². The fourth-order valence-electron chi connectivity index (χ4n) is 4.91. The van der Waals surface area contributed by atoms with Gasteiger partial charge in [0, 0.05) is 14.7 Å². The number of nitriles is 2. The van der Waals surface area contributed by atoms with Gasteiger partial charge in [-0.25, -0.2) is 9.97 Å². The molecule has 7 heteroatoms. The van der Waals surface area contributed by atoms with Crippen molar-refractivity contribution in [2.75, 3.05) is 5.32 Å². The molecule has 1 saturated carbocycles. The Morgan fingerprint density at radius 3 is 2.18 bits per heavy atom. The van der Waals surface area contributed by atoms with E-state index in [1.54, 1.807) is 0 Å². The van der Waals surface area contributed by atoms with Crippen LogP contribution in [0.5, 0.6) is 0 Å². The summed E-state index contributed by atoms with van der Waals surface area (Å²) in [6, 6.07) is 11.6. The third kappa shape index (κ3) is 2.14. The van der Waals surface area contributed by atoms with E-state index >= 15 is 0 Å². The fourth-order valence-corrected chi connectivity index (χ4v) is 5.27. The predicted molar refractivity (Wildman–Crippen MR) is 111 cm³/mol. The van der Waals surface area contributed by atoms with E-state index in [1.165, 1.54) is 0 Å². The van der Waals surface area contributed by atoms with Crippen LogP contribution in [0.15, 0.2) is 24.3 Å². The first-order chi connectivity index (χ1) is 13.2. The molecule has 0 saturated heterocycles. The molecule has 6 nitrogen and oxygen atoms in total. The minimum atomic E-state index is -0.896. The maximum absolute atomic E-state index is 13.6. The van der Waals surface area contributed by atoms with Gasteiger partial charge in [-0.2, -0.15) is 10.5 Å². The molecule has 2 aromatic rings. The van der Waals surface area contributed by atoms with E-state index in [0.29, 0.717) is 17.8 Å². The normalized spacial score (nSPS) is 26.2. The highest BCUT2D eigenvalue weighted by Crippen LogP contribution is 2.70. The predicted octanol–water partition coefficient (Wildman–Crippen LogP) is 3.79. The Kier molecular flexibility index (Phi) is 4.03. The molecule has 1 fully saturated rings. The third-order valence-electron chi connectivity index (χ3n) is 6.97. The Morgan fingerprint density at radius 1 is 1.04 bits per heavy atom. The van der Waals surface area contributed by atoms with Crippen LogP contribution in [0, 0.1) is 31.6 Å². The number of hydrogen-bond acceptors (Lipinski definition) is 5. The van der Waals surface area contributed by atoms with Crippen molar-refractivity contribution in [3.05, 3.63) is 50.6 Å². The van der Waals surface area contributed by atoms with Crippen molar-refractivity contribution in [1.82, 2.24) is 9.97 Å². The molecule has 1 N–H and O–H groups in total. The van der Waals surface area contributed by atoms with Gasteiger partial charge in [-0.3, -0.25) is 4.79 Å². The Labute approximate surface area is 177 Å². The SMILES string of the molecule is CC12CCC(C(=O)Nc3ccc(I)cc3)(c3nc(C#N)c(C#N)nc31)C2(C)C. The van der Waals surface area contributed by atoms with E-state index in [1.807, 2.05) is 36.4 Å². The van der Waals surface area contributed by atoms with Crippen molar-refractivity contribution in [2.24, 2.45) is 5.41 Å². The molecule has 28 heavy (non-hydrogen) atoms. The molecule has 1 amide bonds. The molecule has 2 aliphatic carbocycles. The Morgan fingerprint density at radius 2 is 1.61 bits per heavy atom. The van der Waals surface area contributed by atoms with Crippen LogP contribution in [-0.2, 0) is 15.6 Å². The number of hydrogen-bond donors (Lipinski definition) is 1. The number of aromatic nitrogens is 2. The lowest BCUT2D eigenvalue weighted by atomic mass is 9.63. The number of rotatable bonds is 2. The van der Waals surface area contributed by atoms with Gasteiger partial charge in [-0.05, 0) is 65.1 Å². The van der Waals surface area contributed by atoms with Crippen molar-refractivity contribution >= 4 is 34.2 Å². The summed E-state index contributed by atoms with van der Waals surface area (Å²) < 4.78 is 1.09. The Bertz CT molecular complexity index is 1100. The van der Waals surface area contributed by atoms with E-state index in [-0.39, 0.29) is 17.3 Å². The number of nitrogens with zero attached hydrogens (tertiary/aromatic N) is 4. The van der Waals surface area contributed by atoms with Crippen molar-refractivity contribution in [1.29, 1.82) is 10.5 Å². The number of carbonyl (C=O) groups is 1. The van der Waals surface area contributed by atoms with Crippen LogP contribution in [0.4, 0.5) is 5.69 Å². The van der Waals surface area contributed by atoms with Crippen LogP contribution in [0.1, 0.15) is 56.4 Å². The van der Waals surface area contributed by atoms with Crippen LogP contribution in [-0.4, -0.2) is 15.9 Å². The monoisotopic (exact) mass is 483 g/mol. The average molecular weight is 483 g/mol. The van der Waals surface area contributed by atoms with Gasteiger partial charge >= 0.3 is 0 Å². The standard InChI is InChI=1S/C21H18IN5O/c1-19(2)20(3)8-9-21(19,18(28)25-13-6-4-12(22)5-7-13)17-16(20)26-14(10-23)15(11-24)27-17/h4-7H,8-9H2,1-3H3,(H,25,28). The highest BCUT2D eigenvalue weighted by molar-refractivity contribution is 14.1. The van der Waals surface area contributed by atoms with E-state index < -0.39 is 16.2 Å². The number of fused-ring (bicyclic) bond motifs is 5. The summed E-state index contributed by atoms with van der Waals surface area (Å²) in [7, 11) is 0. The summed E-state index contributed by atoms with van der Waals surface area (Å²) >= 11 is 2.22. The summed E-state index contributed by atoms with van der Waals surface area (Å²) in [5.74, 6) is -0.135. The lowest BCUT2D eigenvalue weighted by molar-refractivity contribution is -0.125. The molecule has 2 atom stereocenters. The largest absolute Gasteiger partial charge is 0.325 e. The zero-order valence-corrected chi connectivity index (χ0v) is 18.0. The van der Waals surface area contributed by atoms with E-state index in [2.05, 4.69) is 58.6 Å². The summed E-state index contributed by atoms with van der Waals surface area (Å²) in [5, 5.41) is 21.8. The first-order valence-corrected chi connectivity index (χ1v) is 10.1. The first-order valence-electron chi connectivity index (χ1n) is 9.01. The van der Waals surface area contributed by atoms with Gasteiger partial charge < -0.3 is 5.32 Å².